The Hall–Kier alpha value is -1.53. The number of hydrogen-bond donors (Lipinski definition) is 1. The topological polar surface area (TPSA) is 59.0 Å². The van der Waals surface area contributed by atoms with Gasteiger partial charge in [0.05, 0.1) is 12.7 Å². The van der Waals surface area contributed by atoms with E-state index in [4.69, 9.17) is 10.5 Å². The molecule has 0 heterocycles. The molecule has 0 saturated heterocycles. The van der Waals surface area contributed by atoms with Crippen molar-refractivity contribution in [1.82, 2.24) is 0 Å². The Morgan fingerprint density at radius 1 is 1.35 bits per heavy atom. The minimum Gasteiger partial charge on any atom is -0.493 e. The van der Waals surface area contributed by atoms with Gasteiger partial charge >= 0.3 is 0 Å². The lowest BCUT2D eigenvalue weighted by atomic mass is 9.87. The minimum atomic E-state index is -0.639. The van der Waals surface area contributed by atoms with Crippen molar-refractivity contribution < 1.29 is 4.74 Å². The highest BCUT2D eigenvalue weighted by Crippen LogP contribution is 2.36. The average Bonchev–Trinajstić information content (AvgIpc) is 2.80. The van der Waals surface area contributed by atoms with E-state index in [9.17, 15) is 5.26 Å². The number of aryl methyl sites for hydroxylation is 2. The van der Waals surface area contributed by atoms with Gasteiger partial charge < -0.3 is 10.5 Å². The van der Waals surface area contributed by atoms with Gasteiger partial charge in [-0.1, -0.05) is 18.6 Å². The maximum Gasteiger partial charge on any atom is 0.125 e. The summed E-state index contributed by atoms with van der Waals surface area (Å²) in [6.07, 6.45) is 3.77. The molecule has 108 valence electrons. The van der Waals surface area contributed by atoms with Crippen molar-refractivity contribution in [3.8, 4) is 11.8 Å². The number of benzene rings is 1. The van der Waals surface area contributed by atoms with E-state index in [1.54, 1.807) is 0 Å². The fraction of sp³-hybridized carbons (Fsp3) is 0.588. The van der Waals surface area contributed by atoms with E-state index in [2.05, 4.69) is 39.0 Å². The quantitative estimate of drug-likeness (QED) is 0.913. The second kappa shape index (κ2) is 5.85. The maximum atomic E-state index is 9.22. The van der Waals surface area contributed by atoms with Crippen LogP contribution in [0.3, 0.4) is 0 Å². The number of rotatable bonds is 4. The van der Waals surface area contributed by atoms with Crippen LogP contribution in [0.4, 0.5) is 0 Å². The molecule has 2 unspecified atom stereocenters. The van der Waals surface area contributed by atoms with Crippen LogP contribution in [-0.2, 0) is 0 Å². The molecule has 1 aromatic carbocycles. The Labute approximate surface area is 121 Å². The molecular weight excluding hydrogens is 248 g/mol. The van der Waals surface area contributed by atoms with Gasteiger partial charge in [-0.25, -0.2) is 0 Å². The molecule has 0 radical (unpaired) electrons. The van der Waals surface area contributed by atoms with Gasteiger partial charge in [-0.2, -0.15) is 5.26 Å². The first kappa shape index (κ1) is 14.9. The molecule has 2 rings (SSSR count). The highest BCUT2D eigenvalue weighted by Gasteiger charge is 2.39. The lowest BCUT2D eigenvalue weighted by Crippen LogP contribution is -2.42. The van der Waals surface area contributed by atoms with Crippen molar-refractivity contribution in [3.05, 3.63) is 28.8 Å². The van der Waals surface area contributed by atoms with Gasteiger partial charge in [0, 0.05) is 0 Å². The van der Waals surface area contributed by atoms with Crippen LogP contribution < -0.4 is 10.5 Å². The Bertz CT molecular complexity index is 533. The molecule has 0 aliphatic heterocycles. The van der Waals surface area contributed by atoms with Crippen LogP contribution in [0, 0.1) is 38.0 Å². The third kappa shape index (κ3) is 2.81. The molecule has 20 heavy (non-hydrogen) atoms. The third-order valence-electron chi connectivity index (χ3n) is 4.67. The number of ether oxygens (including phenoxy) is 1. The molecule has 0 aromatic heterocycles. The van der Waals surface area contributed by atoms with Gasteiger partial charge in [-0.05, 0) is 62.6 Å². The van der Waals surface area contributed by atoms with E-state index in [-0.39, 0.29) is 5.92 Å². The summed E-state index contributed by atoms with van der Waals surface area (Å²) in [5.41, 5.74) is 9.13. The molecule has 0 amide bonds. The normalized spacial score (nSPS) is 25.4. The van der Waals surface area contributed by atoms with Crippen LogP contribution in [0.1, 0.15) is 42.4 Å². The molecule has 1 saturated carbocycles. The second-order valence-corrected chi connectivity index (χ2v) is 6.03. The molecule has 1 aliphatic carbocycles. The summed E-state index contributed by atoms with van der Waals surface area (Å²) in [6, 6.07) is 6.51. The zero-order valence-electron chi connectivity index (χ0n) is 12.7. The molecule has 2 N–H and O–H groups in total. The van der Waals surface area contributed by atoms with Crippen molar-refractivity contribution in [3.63, 3.8) is 0 Å². The zero-order chi connectivity index (χ0) is 14.8. The second-order valence-electron chi connectivity index (χ2n) is 6.03. The van der Waals surface area contributed by atoms with Crippen molar-refractivity contribution in [2.75, 3.05) is 6.61 Å². The summed E-state index contributed by atoms with van der Waals surface area (Å²) in [5, 5.41) is 9.22. The molecule has 3 heteroatoms. The predicted molar refractivity (Wildman–Crippen MR) is 80.6 cm³/mol. The smallest absolute Gasteiger partial charge is 0.125 e. The molecule has 1 aliphatic rings. The first-order chi connectivity index (χ1) is 9.48. The molecule has 2 atom stereocenters. The highest BCUT2D eigenvalue weighted by atomic mass is 16.5. The fourth-order valence-electron chi connectivity index (χ4n) is 3.10. The first-order valence-electron chi connectivity index (χ1n) is 7.37. The highest BCUT2D eigenvalue weighted by molar-refractivity contribution is 5.44. The zero-order valence-corrected chi connectivity index (χ0v) is 12.7. The van der Waals surface area contributed by atoms with E-state index < -0.39 is 5.54 Å². The average molecular weight is 272 g/mol. The van der Waals surface area contributed by atoms with E-state index in [0.29, 0.717) is 6.61 Å². The Kier molecular flexibility index (Phi) is 4.35. The first-order valence-corrected chi connectivity index (χ1v) is 7.37. The van der Waals surface area contributed by atoms with Crippen molar-refractivity contribution in [2.24, 2.45) is 11.7 Å². The summed E-state index contributed by atoms with van der Waals surface area (Å²) in [5.74, 6) is 1.25. The van der Waals surface area contributed by atoms with Crippen molar-refractivity contribution >= 4 is 0 Å². The van der Waals surface area contributed by atoms with Crippen molar-refractivity contribution in [2.45, 2.75) is 52.0 Å². The molecule has 0 spiro atoms. The summed E-state index contributed by atoms with van der Waals surface area (Å²) < 4.78 is 5.98. The van der Waals surface area contributed by atoms with E-state index >= 15 is 0 Å². The number of nitrogens with zero attached hydrogens (tertiary/aromatic N) is 1. The Balaban J connectivity index is 1.98. The Morgan fingerprint density at radius 3 is 2.75 bits per heavy atom. The van der Waals surface area contributed by atoms with Crippen molar-refractivity contribution in [1.29, 1.82) is 5.26 Å². The van der Waals surface area contributed by atoms with Gasteiger partial charge in [0.1, 0.15) is 11.3 Å². The van der Waals surface area contributed by atoms with Crippen LogP contribution in [0.2, 0.25) is 0 Å². The molecule has 1 aromatic rings. The fourth-order valence-corrected chi connectivity index (χ4v) is 3.10. The molecule has 1 fully saturated rings. The standard InChI is InChI=1S/C17H24N2O/c1-12-6-7-13(2)16(14(12)3)20-10-8-15-5-4-9-17(15,19)11-18/h6-7,15H,4-5,8-10,19H2,1-3H3. The van der Waals surface area contributed by atoms with Gasteiger partial charge in [0.15, 0.2) is 0 Å². The van der Waals surface area contributed by atoms with Gasteiger partial charge in [0.25, 0.3) is 0 Å². The number of nitrogens with two attached hydrogens (primary N) is 1. The summed E-state index contributed by atoms with van der Waals surface area (Å²) >= 11 is 0. The van der Waals surface area contributed by atoms with E-state index in [1.807, 2.05) is 0 Å². The maximum absolute atomic E-state index is 9.22. The van der Waals surface area contributed by atoms with E-state index in [1.165, 1.54) is 16.7 Å². The monoisotopic (exact) mass is 272 g/mol. The third-order valence-corrected chi connectivity index (χ3v) is 4.67. The van der Waals surface area contributed by atoms with Gasteiger partial charge in [-0.3, -0.25) is 0 Å². The van der Waals surface area contributed by atoms with Gasteiger partial charge in [-0.15, -0.1) is 0 Å². The lowest BCUT2D eigenvalue weighted by Gasteiger charge is -2.24. The van der Waals surface area contributed by atoms with Crippen LogP contribution in [-0.4, -0.2) is 12.1 Å². The van der Waals surface area contributed by atoms with Crippen LogP contribution in [0.25, 0.3) is 0 Å². The van der Waals surface area contributed by atoms with Gasteiger partial charge in [0.2, 0.25) is 0 Å². The number of nitriles is 1. The molecule has 0 bridgehead atoms. The van der Waals surface area contributed by atoms with E-state index in [0.717, 1.165) is 31.4 Å². The summed E-state index contributed by atoms with van der Waals surface area (Å²) in [6.45, 7) is 6.89. The summed E-state index contributed by atoms with van der Waals surface area (Å²) in [4.78, 5) is 0. The lowest BCUT2D eigenvalue weighted by molar-refractivity contribution is 0.252. The minimum absolute atomic E-state index is 0.262. The van der Waals surface area contributed by atoms with Crippen LogP contribution in [0.15, 0.2) is 12.1 Å². The Morgan fingerprint density at radius 2 is 2.05 bits per heavy atom. The summed E-state index contributed by atoms with van der Waals surface area (Å²) in [7, 11) is 0. The van der Waals surface area contributed by atoms with Crippen LogP contribution in [0.5, 0.6) is 5.75 Å². The SMILES string of the molecule is Cc1ccc(C)c(OCCC2CCCC2(N)C#N)c1C. The largest absolute Gasteiger partial charge is 0.493 e. The van der Waals surface area contributed by atoms with Crippen LogP contribution >= 0.6 is 0 Å². The number of hydrogen-bond acceptors (Lipinski definition) is 3. The molecular formula is C17H24N2O. The predicted octanol–water partition coefficient (Wildman–Crippen LogP) is 3.40. The molecule has 3 nitrogen and oxygen atoms in total.